The SMILES string of the molecule is O=[N+]([O-])c1cc(Br)c(O)c(C=Nc2ccc(F)cc2F)c1. The maximum Gasteiger partial charge on any atom is 0.271 e. The van der Waals surface area contributed by atoms with Crippen LogP contribution in [0.15, 0.2) is 39.8 Å². The van der Waals surface area contributed by atoms with E-state index >= 15 is 0 Å². The van der Waals surface area contributed by atoms with E-state index in [1.54, 1.807) is 0 Å². The minimum absolute atomic E-state index is 0.0276. The first-order valence-electron chi connectivity index (χ1n) is 5.54. The fourth-order valence-corrected chi connectivity index (χ4v) is 2.00. The minimum Gasteiger partial charge on any atom is -0.506 e. The first-order valence-corrected chi connectivity index (χ1v) is 6.34. The Morgan fingerprint density at radius 1 is 1.29 bits per heavy atom. The van der Waals surface area contributed by atoms with E-state index in [0.29, 0.717) is 6.07 Å². The summed E-state index contributed by atoms with van der Waals surface area (Å²) in [5, 5.41) is 20.5. The third-order valence-corrected chi connectivity index (χ3v) is 3.15. The highest BCUT2D eigenvalue weighted by Crippen LogP contribution is 2.32. The monoisotopic (exact) mass is 356 g/mol. The first kappa shape index (κ1) is 15.0. The fourth-order valence-electron chi connectivity index (χ4n) is 1.53. The van der Waals surface area contributed by atoms with E-state index in [0.717, 1.165) is 30.5 Å². The number of nitro groups is 1. The molecule has 108 valence electrons. The molecule has 21 heavy (non-hydrogen) atoms. The van der Waals surface area contributed by atoms with E-state index in [1.165, 1.54) is 0 Å². The van der Waals surface area contributed by atoms with Gasteiger partial charge in [-0.1, -0.05) is 0 Å². The Kier molecular flexibility index (Phi) is 4.27. The van der Waals surface area contributed by atoms with Gasteiger partial charge in [-0.3, -0.25) is 15.1 Å². The number of nitro benzene ring substituents is 1. The third kappa shape index (κ3) is 3.40. The van der Waals surface area contributed by atoms with E-state index in [9.17, 15) is 24.0 Å². The van der Waals surface area contributed by atoms with Gasteiger partial charge in [-0.15, -0.1) is 0 Å². The highest BCUT2D eigenvalue weighted by Gasteiger charge is 2.13. The van der Waals surface area contributed by atoms with Gasteiger partial charge < -0.3 is 5.11 Å². The van der Waals surface area contributed by atoms with Gasteiger partial charge in [-0.05, 0) is 28.1 Å². The molecular weight excluding hydrogens is 350 g/mol. The molecule has 8 heteroatoms. The largest absolute Gasteiger partial charge is 0.506 e. The standard InChI is InChI=1S/C13H7BrF2N2O3/c14-10-5-9(18(20)21)3-7(13(10)19)6-17-12-2-1-8(15)4-11(12)16/h1-6,19H. The summed E-state index contributed by atoms with van der Waals surface area (Å²) in [5.41, 5.74) is -0.390. The van der Waals surface area contributed by atoms with Crippen molar-refractivity contribution in [1.29, 1.82) is 0 Å². The second-order valence-corrected chi connectivity index (χ2v) is 4.83. The summed E-state index contributed by atoms with van der Waals surface area (Å²) in [6.45, 7) is 0. The van der Waals surface area contributed by atoms with Gasteiger partial charge in [0, 0.05) is 30.0 Å². The first-order chi connectivity index (χ1) is 9.88. The van der Waals surface area contributed by atoms with Crippen LogP contribution >= 0.6 is 15.9 Å². The van der Waals surface area contributed by atoms with Crippen LogP contribution in [0.3, 0.4) is 0 Å². The number of phenols is 1. The molecule has 0 aliphatic carbocycles. The molecule has 2 aromatic rings. The van der Waals surface area contributed by atoms with E-state index in [2.05, 4.69) is 20.9 Å². The summed E-state index contributed by atoms with van der Waals surface area (Å²) in [7, 11) is 0. The second kappa shape index (κ2) is 5.96. The molecule has 0 spiro atoms. The second-order valence-electron chi connectivity index (χ2n) is 3.98. The Bertz CT molecular complexity index is 750. The molecule has 0 aliphatic rings. The molecule has 0 saturated carbocycles. The van der Waals surface area contributed by atoms with Crippen LogP contribution in [0.5, 0.6) is 5.75 Å². The van der Waals surface area contributed by atoms with Gasteiger partial charge in [-0.25, -0.2) is 8.78 Å². The molecule has 0 fully saturated rings. The Morgan fingerprint density at radius 3 is 2.62 bits per heavy atom. The number of benzene rings is 2. The summed E-state index contributed by atoms with van der Waals surface area (Å²) < 4.78 is 26.3. The molecule has 2 aromatic carbocycles. The molecular formula is C13H7BrF2N2O3. The van der Waals surface area contributed by atoms with Crippen LogP contribution in [0.25, 0.3) is 0 Å². The van der Waals surface area contributed by atoms with Crippen LogP contribution in [0, 0.1) is 21.7 Å². The van der Waals surface area contributed by atoms with Crippen LogP contribution in [0.1, 0.15) is 5.56 Å². The zero-order valence-electron chi connectivity index (χ0n) is 10.3. The van der Waals surface area contributed by atoms with Crippen LogP contribution in [-0.2, 0) is 0 Å². The number of aromatic hydroxyl groups is 1. The number of aliphatic imine (C=N–C) groups is 1. The van der Waals surface area contributed by atoms with Crippen molar-refractivity contribution in [3.05, 3.63) is 62.1 Å². The number of non-ortho nitro benzene ring substituents is 1. The van der Waals surface area contributed by atoms with Gasteiger partial charge in [0.15, 0.2) is 5.82 Å². The summed E-state index contributed by atoms with van der Waals surface area (Å²) in [5.74, 6) is -1.89. The molecule has 0 amide bonds. The van der Waals surface area contributed by atoms with Crippen LogP contribution in [-0.4, -0.2) is 16.2 Å². The summed E-state index contributed by atoms with van der Waals surface area (Å²) in [6.07, 6.45) is 1.06. The maximum absolute atomic E-state index is 13.4. The highest BCUT2D eigenvalue weighted by molar-refractivity contribution is 9.10. The van der Waals surface area contributed by atoms with Crippen molar-refractivity contribution in [2.75, 3.05) is 0 Å². The lowest BCUT2D eigenvalue weighted by molar-refractivity contribution is -0.385. The molecule has 5 nitrogen and oxygen atoms in total. The Labute approximate surface area is 125 Å². The quantitative estimate of drug-likeness (QED) is 0.511. The van der Waals surface area contributed by atoms with E-state index in [4.69, 9.17) is 0 Å². The molecule has 0 atom stereocenters. The van der Waals surface area contributed by atoms with Crippen molar-refractivity contribution in [3.63, 3.8) is 0 Å². The lowest BCUT2D eigenvalue weighted by atomic mass is 10.2. The zero-order chi connectivity index (χ0) is 15.6. The summed E-state index contributed by atoms with van der Waals surface area (Å²) in [4.78, 5) is 13.8. The predicted molar refractivity (Wildman–Crippen MR) is 76.1 cm³/mol. The molecule has 1 N–H and O–H groups in total. The number of nitrogens with zero attached hydrogens (tertiary/aromatic N) is 2. The van der Waals surface area contributed by atoms with E-state index in [1.807, 2.05) is 0 Å². The van der Waals surface area contributed by atoms with Gasteiger partial charge in [0.2, 0.25) is 0 Å². The number of halogens is 3. The maximum atomic E-state index is 13.4. The molecule has 0 bridgehead atoms. The van der Waals surface area contributed by atoms with Gasteiger partial charge in [0.25, 0.3) is 5.69 Å². The fraction of sp³-hybridized carbons (Fsp3) is 0. The molecule has 0 heterocycles. The topological polar surface area (TPSA) is 75.7 Å². The van der Waals surface area contributed by atoms with Crippen molar-refractivity contribution in [1.82, 2.24) is 0 Å². The number of hydrogen-bond donors (Lipinski definition) is 1. The van der Waals surface area contributed by atoms with Crippen molar-refractivity contribution in [2.45, 2.75) is 0 Å². The molecule has 0 unspecified atom stereocenters. The smallest absolute Gasteiger partial charge is 0.271 e. The lowest BCUT2D eigenvalue weighted by Crippen LogP contribution is -1.92. The number of hydrogen-bond acceptors (Lipinski definition) is 4. The van der Waals surface area contributed by atoms with Crippen molar-refractivity contribution < 1.29 is 18.8 Å². The lowest BCUT2D eigenvalue weighted by Gasteiger charge is -2.02. The van der Waals surface area contributed by atoms with Gasteiger partial charge in [0.1, 0.15) is 11.6 Å². The van der Waals surface area contributed by atoms with Crippen LogP contribution in [0.2, 0.25) is 0 Å². The third-order valence-electron chi connectivity index (χ3n) is 2.54. The van der Waals surface area contributed by atoms with Crippen molar-refractivity contribution >= 4 is 33.5 Å². The van der Waals surface area contributed by atoms with Crippen LogP contribution < -0.4 is 0 Å². The van der Waals surface area contributed by atoms with Gasteiger partial charge in [-0.2, -0.15) is 0 Å². The summed E-state index contributed by atoms with van der Waals surface area (Å²) in [6, 6.07) is 5.02. The average Bonchev–Trinajstić information content (AvgIpc) is 2.41. The van der Waals surface area contributed by atoms with Gasteiger partial charge >= 0.3 is 0 Å². The molecule has 0 aromatic heterocycles. The Morgan fingerprint density at radius 2 is 2.00 bits per heavy atom. The van der Waals surface area contributed by atoms with E-state index in [-0.39, 0.29) is 27.2 Å². The minimum atomic E-state index is -0.879. The van der Waals surface area contributed by atoms with Crippen molar-refractivity contribution in [2.24, 2.45) is 4.99 Å². The van der Waals surface area contributed by atoms with E-state index < -0.39 is 16.6 Å². The number of rotatable bonds is 3. The Hall–Kier alpha value is -2.35. The molecule has 0 radical (unpaired) electrons. The number of phenolic OH excluding ortho intramolecular Hbond substituents is 1. The molecule has 0 saturated heterocycles. The Balaban J connectivity index is 2.43. The molecule has 2 rings (SSSR count). The van der Waals surface area contributed by atoms with Gasteiger partial charge in [0.05, 0.1) is 15.1 Å². The average molecular weight is 357 g/mol. The highest BCUT2D eigenvalue weighted by atomic mass is 79.9. The van der Waals surface area contributed by atoms with Crippen LogP contribution in [0.4, 0.5) is 20.2 Å². The molecule has 0 aliphatic heterocycles. The van der Waals surface area contributed by atoms with Crippen molar-refractivity contribution in [3.8, 4) is 5.75 Å². The predicted octanol–water partition coefficient (Wildman–Crippen LogP) is 4.09. The zero-order valence-corrected chi connectivity index (χ0v) is 11.8. The summed E-state index contributed by atoms with van der Waals surface area (Å²) >= 11 is 2.98. The normalized spacial score (nSPS) is 11.0.